The quantitative estimate of drug-likeness (QED) is 0.677. The van der Waals surface area contributed by atoms with Crippen molar-refractivity contribution in [1.29, 1.82) is 0 Å². The fraction of sp³-hybridized carbons (Fsp3) is 0.250. The smallest absolute Gasteiger partial charge is 0.268 e. The molecule has 0 radical (unpaired) electrons. The van der Waals surface area contributed by atoms with E-state index in [1.165, 1.54) is 23.1 Å². The number of halogens is 3. The first-order valence-electron chi connectivity index (χ1n) is 6.97. The molecule has 23 heavy (non-hydrogen) atoms. The summed E-state index contributed by atoms with van der Waals surface area (Å²) in [6.45, 7) is 3.98. The van der Waals surface area contributed by atoms with E-state index in [0.29, 0.717) is 22.6 Å². The molecule has 0 bridgehead atoms. The molecule has 0 aliphatic heterocycles. The van der Waals surface area contributed by atoms with Gasteiger partial charge in [0.2, 0.25) is 0 Å². The number of likely N-dealkylation sites (N-methyl/N-ethyl adjacent to an activating group) is 1. The number of anilines is 1. The van der Waals surface area contributed by atoms with Crippen LogP contribution < -0.4 is 9.64 Å². The molecule has 0 saturated carbocycles. The van der Waals surface area contributed by atoms with E-state index in [-0.39, 0.29) is 11.7 Å². The largest absolute Gasteiger partial charge is 0.480 e. The summed E-state index contributed by atoms with van der Waals surface area (Å²) in [6.07, 6.45) is 0.898. The third kappa shape index (κ3) is 4.51. The highest BCUT2D eigenvalue weighted by Gasteiger charge is 2.23. The number of hydrogen-bond donors (Lipinski definition) is 0. The average molecular weight is 446 g/mol. The van der Waals surface area contributed by atoms with Gasteiger partial charge < -0.3 is 4.74 Å². The summed E-state index contributed by atoms with van der Waals surface area (Å²) < 4.78 is 20.1. The zero-order valence-corrected chi connectivity index (χ0v) is 15.8. The third-order valence-electron chi connectivity index (χ3n) is 3.12. The summed E-state index contributed by atoms with van der Waals surface area (Å²) in [5.74, 6) is 0.359. The predicted octanol–water partition coefficient (Wildman–Crippen LogP) is 4.57. The monoisotopic (exact) mass is 444 g/mol. The van der Waals surface area contributed by atoms with Crippen LogP contribution in [0.25, 0.3) is 0 Å². The minimum absolute atomic E-state index is 0.224. The van der Waals surface area contributed by atoms with Crippen LogP contribution in [0.3, 0.4) is 0 Å². The lowest BCUT2D eigenvalue weighted by molar-refractivity contribution is -0.124. The molecular formula is C16H15Br2FN2O2. The molecule has 0 aliphatic carbocycles. The van der Waals surface area contributed by atoms with Crippen LogP contribution >= 0.6 is 31.9 Å². The first kappa shape index (κ1) is 17.9. The Bertz CT molecular complexity index is 695. The van der Waals surface area contributed by atoms with Gasteiger partial charge in [0.1, 0.15) is 17.4 Å². The molecule has 4 nitrogen and oxygen atoms in total. The highest BCUT2D eigenvalue weighted by atomic mass is 79.9. The van der Waals surface area contributed by atoms with Gasteiger partial charge in [0.15, 0.2) is 6.10 Å². The van der Waals surface area contributed by atoms with Crippen molar-refractivity contribution in [2.45, 2.75) is 20.0 Å². The molecule has 2 aromatic rings. The average Bonchev–Trinajstić information content (AvgIpc) is 2.52. The molecule has 1 aromatic carbocycles. The molecule has 0 aliphatic rings. The number of pyridine rings is 1. The molecule has 0 N–H and O–H groups in total. The molecule has 1 atom stereocenters. The third-order valence-corrected chi connectivity index (χ3v) is 4.20. The van der Waals surface area contributed by atoms with Gasteiger partial charge in [-0.25, -0.2) is 9.37 Å². The molecule has 1 heterocycles. The normalized spacial score (nSPS) is 11.9. The maximum atomic E-state index is 13.1. The molecule has 1 unspecified atom stereocenters. The number of carbonyl (C=O) groups is 1. The first-order chi connectivity index (χ1) is 10.9. The Morgan fingerprint density at radius 2 is 2.09 bits per heavy atom. The lowest BCUT2D eigenvalue weighted by Gasteiger charge is -2.24. The van der Waals surface area contributed by atoms with Crippen LogP contribution in [0.2, 0.25) is 0 Å². The zero-order chi connectivity index (χ0) is 17.0. The van der Waals surface area contributed by atoms with E-state index in [0.717, 1.165) is 4.47 Å². The van der Waals surface area contributed by atoms with Crippen molar-refractivity contribution in [3.05, 3.63) is 51.3 Å². The number of rotatable bonds is 5. The molecule has 0 fully saturated rings. The van der Waals surface area contributed by atoms with Crippen LogP contribution in [0.4, 0.5) is 10.2 Å². The second-order valence-electron chi connectivity index (χ2n) is 4.75. The summed E-state index contributed by atoms with van der Waals surface area (Å²) >= 11 is 6.54. The minimum atomic E-state index is -0.734. The van der Waals surface area contributed by atoms with Crippen LogP contribution in [0.1, 0.15) is 13.8 Å². The van der Waals surface area contributed by atoms with Gasteiger partial charge in [0.05, 0.1) is 4.47 Å². The highest BCUT2D eigenvalue weighted by Crippen LogP contribution is 2.27. The Labute approximate surface area is 150 Å². The summed E-state index contributed by atoms with van der Waals surface area (Å²) in [5, 5.41) is 0. The van der Waals surface area contributed by atoms with Crippen molar-refractivity contribution in [2.24, 2.45) is 0 Å². The van der Waals surface area contributed by atoms with Crippen LogP contribution in [-0.4, -0.2) is 23.5 Å². The predicted molar refractivity (Wildman–Crippen MR) is 94.2 cm³/mol. The minimum Gasteiger partial charge on any atom is -0.480 e. The summed E-state index contributed by atoms with van der Waals surface area (Å²) in [7, 11) is 0. The SMILES string of the molecule is CCN(C(=O)C(C)Oc1ccc(F)cc1Br)c1ccc(Br)cn1. The fourth-order valence-corrected chi connectivity index (χ4v) is 2.67. The van der Waals surface area contributed by atoms with Crippen molar-refractivity contribution >= 4 is 43.6 Å². The molecule has 2 rings (SSSR count). The highest BCUT2D eigenvalue weighted by molar-refractivity contribution is 9.10. The maximum absolute atomic E-state index is 13.1. The van der Waals surface area contributed by atoms with Gasteiger partial charge in [-0.05, 0) is 76.0 Å². The number of amides is 1. The van der Waals surface area contributed by atoms with Gasteiger partial charge in [-0.1, -0.05) is 0 Å². The molecule has 7 heteroatoms. The number of nitrogens with zero attached hydrogens (tertiary/aromatic N) is 2. The molecule has 1 aromatic heterocycles. The lowest BCUT2D eigenvalue weighted by Crippen LogP contribution is -2.41. The number of carbonyl (C=O) groups excluding carboxylic acids is 1. The molecule has 0 saturated heterocycles. The van der Waals surface area contributed by atoms with E-state index < -0.39 is 6.10 Å². The number of aromatic nitrogens is 1. The van der Waals surface area contributed by atoms with E-state index in [2.05, 4.69) is 36.8 Å². The van der Waals surface area contributed by atoms with Gasteiger partial charge in [0, 0.05) is 17.2 Å². The second kappa shape index (κ2) is 7.88. The molecule has 0 spiro atoms. The van der Waals surface area contributed by atoms with Crippen molar-refractivity contribution < 1.29 is 13.9 Å². The fourth-order valence-electron chi connectivity index (χ4n) is 1.99. The topological polar surface area (TPSA) is 42.4 Å². The van der Waals surface area contributed by atoms with Gasteiger partial charge in [0.25, 0.3) is 5.91 Å². The number of ether oxygens (including phenoxy) is 1. The lowest BCUT2D eigenvalue weighted by atomic mass is 10.3. The Balaban J connectivity index is 2.15. The van der Waals surface area contributed by atoms with E-state index in [1.54, 1.807) is 19.2 Å². The summed E-state index contributed by atoms with van der Waals surface area (Å²) in [4.78, 5) is 18.4. The Kier molecular flexibility index (Phi) is 6.12. The Morgan fingerprint density at radius 3 is 2.65 bits per heavy atom. The van der Waals surface area contributed by atoms with Crippen molar-refractivity contribution in [3.8, 4) is 5.75 Å². The van der Waals surface area contributed by atoms with Crippen LogP contribution in [-0.2, 0) is 4.79 Å². The van der Waals surface area contributed by atoms with Crippen LogP contribution in [0.5, 0.6) is 5.75 Å². The standard InChI is InChI=1S/C16H15Br2FN2O2/c1-3-21(15-7-4-11(17)9-20-15)16(22)10(2)23-14-6-5-12(19)8-13(14)18/h4-10H,3H2,1-2H3. The number of benzene rings is 1. The van der Waals surface area contributed by atoms with E-state index >= 15 is 0 Å². The van der Waals surface area contributed by atoms with Crippen LogP contribution in [0, 0.1) is 5.82 Å². The Morgan fingerprint density at radius 1 is 1.35 bits per heavy atom. The van der Waals surface area contributed by atoms with Gasteiger partial charge in [-0.15, -0.1) is 0 Å². The summed E-state index contributed by atoms with van der Waals surface area (Å²) in [5.41, 5.74) is 0. The van der Waals surface area contributed by atoms with E-state index in [1.807, 2.05) is 13.0 Å². The molecule has 122 valence electrons. The van der Waals surface area contributed by atoms with Gasteiger partial charge in [-0.3, -0.25) is 9.69 Å². The van der Waals surface area contributed by atoms with Gasteiger partial charge >= 0.3 is 0 Å². The van der Waals surface area contributed by atoms with Crippen molar-refractivity contribution in [1.82, 2.24) is 4.98 Å². The first-order valence-corrected chi connectivity index (χ1v) is 8.55. The summed E-state index contributed by atoms with van der Waals surface area (Å²) in [6, 6.07) is 7.63. The maximum Gasteiger partial charge on any atom is 0.268 e. The Hall–Kier alpha value is -1.47. The number of hydrogen-bond acceptors (Lipinski definition) is 3. The van der Waals surface area contributed by atoms with E-state index in [9.17, 15) is 9.18 Å². The van der Waals surface area contributed by atoms with Gasteiger partial charge in [-0.2, -0.15) is 0 Å². The van der Waals surface area contributed by atoms with Crippen molar-refractivity contribution in [2.75, 3.05) is 11.4 Å². The molecular weight excluding hydrogens is 431 g/mol. The zero-order valence-electron chi connectivity index (χ0n) is 12.6. The second-order valence-corrected chi connectivity index (χ2v) is 6.52. The molecule has 1 amide bonds. The van der Waals surface area contributed by atoms with E-state index in [4.69, 9.17) is 4.74 Å². The van der Waals surface area contributed by atoms with Crippen molar-refractivity contribution in [3.63, 3.8) is 0 Å². The van der Waals surface area contributed by atoms with Crippen LogP contribution in [0.15, 0.2) is 45.5 Å².